The van der Waals surface area contributed by atoms with Crippen molar-refractivity contribution in [1.29, 1.82) is 0 Å². The summed E-state index contributed by atoms with van der Waals surface area (Å²) in [6.07, 6.45) is -5.59. The van der Waals surface area contributed by atoms with Crippen molar-refractivity contribution in [2.75, 3.05) is 0 Å². The first-order valence-corrected chi connectivity index (χ1v) is 5.37. The van der Waals surface area contributed by atoms with Gasteiger partial charge >= 0.3 is 6.18 Å². The van der Waals surface area contributed by atoms with Crippen LogP contribution in [0.25, 0.3) is 0 Å². The van der Waals surface area contributed by atoms with Gasteiger partial charge in [0.2, 0.25) is 0 Å². The lowest BCUT2D eigenvalue weighted by Gasteiger charge is -2.16. The van der Waals surface area contributed by atoms with E-state index in [4.69, 9.17) is 0 Å². The monoisotopic (exact) mass is 248 g/mol. The molecule has 1 rings (SSSR count). The molecule has 17 heavy (non-hydrogen) atoms. The van der Waals surface area contributed by atoms with Gasteiger partial charge in [-0.25, -0.2) is 0 Å². The molecule has 0 bridgehead atoms. The molecule has 0 spiro atoms. The Morgan fingerprint density at radius 2 is 1.59 bits per heavy atom. The average molecular weight is 248 g/mol. The summed E-state index contributed by atoms with van der Waals surface area (Å²) < 4.78 is 36.8. The zero-order chi connectivity index (χ0) is 13.1. The van der Waals surface area contributed by atoms with Gasteiger partial charge in [-0.05, 0) is 24.1 Å². The Bertz CT molecular complexity index is 346. The second kappa shape index (κ2) is 5.51. The van der Waals surface area contributed by atoms with Gasteiger partial charge in [0.15, 0.2) is 0 Å². The zero-order valence-electron chi connectivity index (χ0n) is 9.41. The van der Waals surface area contributed by atoms with E-state index in [0.29, 0.717) is 12.0 Å². The smallest absolute Gasteiger partial charge is 0.390 e. The van der Waals surface area contributed by atoms with Crippen LogP contribution < -0.4 is 0 Å². The van der Waals surface area contributed by atoms with Gasteiger partial charge in [0.1, 0.15) is 0 Å². The summed E-state index contributed by atoms with van der Waals surface area (Å²) in [6, 6.07) is 4.57. The Morgan fingerprint density at radius 3 is 2.00 bits per heavy atom. The van der Waals surface area contributed by atoms with Crippen molar-refractivity contribution in [3.63, 3.8) is 0 Å². The van der Waals surface area contributed by atoms with Gasteiger partial charge in [-0.1, -0.05) is 19.1 Å². The lowest BCUT2D eigenvalue weighted by atomic mass is 10.0. The molecule has 2 atom stereocenters. The Labute approximate surface area is 97.7 Å². The number of halogens is 3. The topological polar surface area (TPSA) is 40.5 Å². The predicted molar refractivity (Wildman–Crippen MR) is 57.5 cm³/mol. The Morgan fingerprint density at radius 1 is 1.06 bits per heavy atom. The number of benzene rings is 1. The Balaban J connectivity index is 2.69. The first-order chi connectivity index (χ1) is 7.84. The lowest BCUT2D eigenvalue weighted by Crippen LogP contribution is -2.27. The highest BCUT2D eigenvalue weighted by Crippen LogP contribution is 2.29. The molecule has 0 aliphatic heterocycles. The normalized spacial score (nSPS) is 15.6. The van der Waals surface area contributed by atoms with Gasteiger partial charge in [-0.3, -0.25) is 0 Å². The lowest BCUT2D eigenvalue weighted by molar-refractivity contribution is -0.137. The van der Waals surface area contributed by atoms with Crippen molar-refractivity contribution < 1.29 is 23.4 Å². The molecule has 2 nitrogen and oxygen atoms in total. The van der Waals surface area contributed by atoms with Gasteiger partial charge in [0.05, 0.1) is 17.8 Å². The van der Waals surface area contributed by atoms with Crippen LogP contribution in [0.3, 0.4) is 0 Å². The van der Waals surface area contributed by atoms with Gasteiger partial charge in [-0.2, -0.15) is 13.2 Å². The fourth-order valence-corrected chi connectivity index (χ4v) is 1.48. The Hall–Kier alpha value is -1.07. The van der Waals surface area contributed by atoms with Crippen LogP contribution in [0.5, 0.6) is 0 Å². The van der Waals surface area contributed by atoms with Crippen LogP contribution in [0.15, 0.2) is 24.3 Å². The fraction of sp³-hybridized carbons (Fsp3) is 0.500. The minimum absolute atomic E-state index is 0.146. The van der Waals surface area contributed by atoms with E-state index in [2.05, 4.69) is 0 Å². The molecule has 0 saturated carbocycles. The molecule has 0 aromatic heterocycles. The number of aliphatic hydroxyl groups is 2. The third-order valence-electron chi connectivity index (χ3n) is 2.59. The van der Waals surface area contributed by atoms with E-state index in [0.717, 1.165) is 12.1 Å². The molecule has 5 heteroatoms. The summed E-state index contributed by atoms with van der Waals surface area (Å²) in [5.74, 6) is 0. The second-order valence-electron chi connectivity index (χ2n) is 3.94. The summed E-state index contributed by atoms with van der Waals surface area (Å²) >= 11 is 0. The molecule has 0 saturated heterocycles. The highest BCUT2D eigenvalue weighted by Gasteiger charge is 2.30. The highest BCUT2D eigenvalue weighted by molar-refractivity contribution is 5.25. The molecule has 0 heterocycles. The van der Waals surface area contributed by atoms with Gasteiger partial charge < -0.3 is 10.2 Å². The largest absolute Gasteiger partial charge is 0.416 e. The number of alkyl halides is 3. The summed E-state index contributed by atoms with van der Waals surface area (Å²) in [6.45, 7) is 1.72. The van der Waals surface area contributed by atoms with Crippen molar-refractivity contribution in [2.24, 2.45) is 0 Å². The van der Waals surface area contributed by atoms with Crippen molar-refractivity contribution in [1.82, 2.24) is 0 Å². The molecular weight excluding hydrogens is 233 g/mol. The average Bonchev–Trinajstić information content (AvgIpc) is 2.27. The standard InChI is InChI=1S/C12H15F3O2/c1-2-10(16)11(17)7-8-3-5-9(6-4-8)12(13,14)15/h3-6,10-11,16-17H,2,7H2,1H3. The fourth-order valence-electron chi connectivity index (χ4n) is 1.48. The third kappa shape index (κ3) is 4.02. The maximum Gasteiger partial charge on any atom is 0.416 e. The van der Waals surface area contributed by atoms with Crippen LogP contribution in [0, 0.1) is 0 Å². The zero-order valence-corrected chi connectivity index (χ0v) is 9.41. The summed E-state index contributed by atoms with van der Waals surface area (Å²) in [5, 5.41) is 18.9. The van der Waals surface area contributed by atoms with E-state index in [1.165, 1.54) is 12.1 Å². The minimum Gasteiger partial charge on any atom is -0.390 e. The van der Waals surface area contributed by atoms with Crippen molar-refractivity contribution in [3.8, 4) is 0 Å². The van der Waals surface area contributed by atoms with E-state index in [1.54, 1.807) is 6.92 Å². The first kappa shape index (κ1) is 14.0. The molecule has 0 amide bonds. The van der Waals surface area contributed by atoms with Gasteiger partial charge in [-0.15, -0.1) is 0 Å². The third-order valence-corrected chi connectivity index (χ3v) is 2.59. The second-order valence-corrected chi connectivity index (χ2v) is 3.94. The maximum absolute atomic E-state index is 12.3. The molecule has 1 aromatic carbocycles. The first-order valence-electron chi connectivity index (χ1n) is 5.37. The molecule has 0 radical (unpaired) electrons. The quantitative estimate of drug-likeness (QED) is 0.858. The molecule has 0 fully saturated rings. The van der Waals surface area contributed by atoms with Crippen molar-refractivity contribution in [2.45, 2.75) is 38.1 Å². The number of hydrogen-bond donors (Lipinski definition) is 2. The number of aliphatic hydroxyl groups excluding tert-OH is 2. The molecule has 1 aromatic rings. The Kier molecular flexibility index (Phi) is 4.54. The van der Waals surface area contributed by atoms with E-state index < -0.39 is 23.9 Å². The number of rotatable bonds is 4. The highest BCUT2D eigenvalue weighted by atomic mass is 19.4. The SMILES string of the molecule is CCC(O)C(O)Cc1ccc(C(F)(F)F)cc1. The number of hydrogen-bond acceptors (Lipinski definition) is 2. The summed E-state index contributed by atoms with van der Waals surface area (Å²) in [5.41, 5.74) is -0.148. The predicted octanol–water partition coefficient (Wildman–Crippen LogP) is 2.38. The molecule has 2 N–H and O–H groups in total. The van der Waals surface area contributed by atoms with E-state index >= 15 is 0 Å². The van der Waals surface area contributed by atoms with Crippen LogP contribution in [0.4, 0.5) is 13.2 Å². The van der Waals surface area contributed by atoms with Crippen LogP contribution in [-0.4, -0.2) is 22.4 Å². The van der Waals surface area contributed by atoms with Gasteiger partial charge in [0, 0.05) is 6.42 Å². The van der Waals surface area contributed by atoms with E-state index in [9.17, 15) is 23.4 Å². The van der Waals surface area contributed by atoms with Crippen molar-refractivity contribution >= 4 is 0 Å². The molecule has 96 valence electrons. The van der Waals surface area contributed by atoms with Crippen LogP contribution in [0.1, 0.15) is 24.5 Å². The molecule has 2 unspecified atom stereocenters. The molecule has 0 aliphatic carbocycles. The molecule has 0 aliphatic rings. The van der Waals surface area contributed by atoms with E-state index in [-0.39, 0.29) is 6.42 Å². The minimum atomic E-state index is -4.35. The molecular formula is C12H15F3O2. The van der Waals surface area contributed by atoms with Crippen molar-refractivity contribution in [3.05, 3.63) is 35.4 Å². The summed E-state index contributed by atoms with van der Waals surface area (Å²) in [7, 11) is 0. The van der Waals surface area contributed by atoms with E-state index in [1.807, 2.05) is 0 Å². The van der Waals surface area contributed by atoms with Crippen LogP contribution >= 0.6 is 0 Å². The summed E-state index contributed by atoms with van der Waals surface area (Å²) in [4.78, 5) is 0. The van der Waals surface area contributed by atoms with Crippen LogP contribution in [0.2, 0.25) is 0 Å². The van der Waals surface area contributed by atoms with Gasteiger partial charge in [0.25, 0.3) is 0 Å². The maximum atomic E-state index is 12.3. The van der Waals surface area contributed by atoms with Crippen LogP contribution in [-0.2, 0) is 12.6 Å².